The van der Waals surface area contributed by atoms with Gasteiger partial charge in [0.2, 0.25) is 0 Å². The molecule has 0 spiro atoms. The van der Waals surface area contributed by atoms with Crippen LogP contribution in [0.1, 0.15) is 29.7 Å². The molecule has 19 heavy (non-hydrogen) atoms. The highest BCUT2D eigenvalue weighted by atomic mass is 15.3. The molecule has 0 saturated heterocycles. The van der Waals surface area contributed by atoms with Gasteiger partial charge in [-0.15, -0.1) is 0 Å². The fraction of sp³-hybridized carbons (Fsp3) is 0.500. The van der Waals surface area contributed by atoms with E-state index >= 15 is 0 Å². The SMILES string of the molecule is CCn1nccc1CN1CCc2nc(C)ncc2C1. The van der Waals surface area contributed by atoms with Gasteiger partial charge in [-0.05, 0) is 19.9 Å². The molecule has 3 rings (SSSR count). The minimum atomic E-state index is 0.872. The number of rotatable bonds is 3. The van der Waals surface area contributed by atoms with Crippen molar-refractivity contribution >= 4 is 0 Å². The third-order valence-corrected chi connectivity index (χ3v) is 3.62. The van der Waals surface area contributed by atoms with Gasteiger partial charge in [0.05, 0.1) is 5.69 Å². The first-order valence-corrected chi connectivity index (χ1v) is 6.80. The van der Waals surface area contributed by atoms with Gasteiger partial charge in [0, 0.05) is 56.3 Å². The smallest absolute Gasteiger partial charge is 0.125 e. The number of fused-ring (bicyclic) bond motifs is 1. The van der Waals surface area contributed by atoms with Gasteiger partial charge in [-0.3, -0.25) is 9.58 Å². The molecule has 1 aliphatic heterocycles. The van der Waals surface area contributed by atoms with E-state index in [0.717, 1.165) is 38.4 Å². The quantitative estimate of drug-likeness (QED) is 0.837. The maximum Gasteiger partial charge on any atom is 0.125 e. The molecule has 0 amide bonds. The Labute approximate surface area is 113 Å². The molecule has 5 heteroatoms. The summed E-state index contributed by atoms with van der Waals surface area (Å²) in [5.41, 5.74) is 3.76. The zero-order valence-electron chi connectivity index (χ0n) is 11.5. The fourth-order valence-electron chi connectivity index (χ4n) is 2.62. The Bertz CT molecular complexity index is 575. The molecule has 2 aromatic heterocycles. The Kier molecular flexibility index (Phi) is 3.29. The van der Waals surface area contributed by atoms with Crippen LogP contribution in [0, 0.1) is 6.92 Å². The lowest BCUT2D eigenvalue weighted by Gasteiger charge is -2.27. The number of hydrogen-bond donors (Lipinski definition) is 0. The van der Waals surface area contributed by atoms with Crippen LogP contribution in [-0.2, 0) is 26.1 Å². The molecule has 0 unspecified atom stereocenters. The third kappa shape index (κ3) is 2.51. The monoisotopic (exact) mass is 257 g/mol. The lowest BCUT2D eigenvalue weighted by Crippen LogP contribution is -2.31. The third-order valence-electron chi connectivity index (χ3n) is 3.62. The molecule has 0 fully saturated rings. The number of aromatic nitrogens is 4. The Morgan fingerprint density at radius 3 is 3.11 bits per heavy atom. The first-order chi connectivity index (χ1) is 9.26. The molecule has 0 bridgehead atoms. The number of hydrogen-bond acceptors (Lipinski definition) is 4. The van der Waals surface area contributed by atoms with Gasteiger partial charge in [0.1, 0.15) is 5.82 Å². The van der Waals surface area contributed by atoms with Gasteiger partial charge < -0.3 is 0 Å². The number of nitrogens with zero attached hydrogens (tertiary/aromatic N) is 5. The van der Waals surface area contributed by atoms with Crippen LogP contribution in [0.25, 0.3) is 0 Å². The van der Waals surface area contributed by atoms with Crippen LogP contribution in [0.15, 0.2) is 18.5 Å². The first-order valence-electron chi connectivity index (χ1n) is 6.80. The molecule has 0 atom stereocenters. The van der Waals surface area contributed by atoms with E-state index < -0.39 is 0 Å². The topological polar surface area (TPSA) is 46.8 Å². The molecule has 0 radical (unpaired) electrons. The minimum Gasteiger partial charge on any atom is -0.293 e. The van der Waals surface area contributed by atoms with Gasteiger partial charge >= 0.3 is 0 Å². The summed E-state index contributed by atoms with van der Waals surface area (Å²) in [5.74, 6) is 0.872. The van der Waals surface area contributed by atoms with Crippen LogP contribution in [0.2, 0.25) is 0 Å². The predicted octanol–water partition coefficient (Wildman–Crippen LogP) is 1.56. The maximum atomic E-state index is 4.52. The zero-order valence-corrected chi connectivity index (χ0v) is 11.5. The Hall–Kier alpha value is -1.75. The van der Waals surface area contributed by atoms with Crippen LogP contribution >= 0.6 is 0 Å². The number of aryl methyl sites for hydroxylation is 2. The highest BCUT2D eigenvalue weighted by molar-refractivity contribution is 5.20. The zero-order chi connectivity index (χ0) is 13.2. The minimum absolute atomic E-state index is 0.872. The Balaban J connectivity index is 1.74. The molecular weight excluding hydrogens is 238 g/mol. The van der Waals surface area contributed by atoms with E-state index in [0.29, 0.717) is 0 Å². The van der Waals surface area contributed by atoms with E-state index in [1.165, 1.54) is 17.0 Å². The molecule has 1 aliphatic rings. The molecule has 0 aromatic carbocycles. The van der Waals surface area contributed by atoms with Crippen molar-refractivity contribution in [1.82, 2.24) is 24.6 Å². The van der Waals surface area contributed by atoms with Crippen LogP contribution in [0.4, 0.5) is 0 Å². The average molecular weight is 257 g/mol. The normalized spacial score (nSPS) is 15.5. The van der Waals surface area contributed by atoms with Crippen molar-refractivity contribution in [2.45, 2.75) is 39.9 Å². The van der Waals surface area contributed by atoms with Crippen molar-refractivity contribution in [3.8, 4) is 0 Å². The standard InChI is InChI=1S/C14H19N5/c1-3-19-13(4-6-16-19)10-18-7-5-14-12(9-18)8-15-11(2)17-14/h4,6,8H,3,5,7,9-10H2,1-2H3. The summed E-state index contributed by atoms with van der Waals surface area (Å²) in [6, 6.07) is 2.10. The van der Waals surface area contributed by atoms with E-state index in [4.69, 9.17) is 0 Å². The summed E-state index contributed by atoms with van der Waals surface area (Å²) in [4.78, 5) is 11.3. The average Bonchev–Trinajstić information content (AvgIpc) is 2.86. The predicted molar refractivity (Wildman–Crippen MR) is 72.5 cm³/mol. The largest absolute Gasteiger partial charge is 0.293 e. The summed E-state index contributed by atoms with van der Waals surface area (Å²) < 4.78 is 2.06. The molecule has 100 valence electrons. The molecule has 3 heterocycles. The van der Waals surface area contributed by atoms with Gasteiger partial charge in [-0.2, -0.15) is 5.10 Å². The summed E-state index contributed by atoms with van der Waals surface area (Å²) in [7, 11) is 0. The fourth-order valence-corrected chi connectivity index (χ4v) is 2.62. The van der Waals surface area contributed by atoms with Crippen molar-refractivity contribution in [2.24, 2.45) is 0 Å². The summed E-state index contributed by atoms with van der Waals surface area (Å²) >= 11 is 0. The van der Waals surface area contributed by atoms with Crippen LogP contribution in [0.3, 0.4) is 0 Å². The van der Waals surface area contributed by atoms with Crippen molar-refractivity contribution in [1.29, 1.82) is 0 Å². The second kappa shape index (κ2) is 5.09. The van der Waals surface area contributed by atoms with Crippen molar-refractivity contribution in [3.63, 3.8) is 0 Å². The molecule has 5 nitrogen and oxygen atoms in total. The van der Waals surface area contributed by atoms with Crippen molar-refractivity contribution in [3.05, 3.63) is 41.2 Å². The molecular formula is C14H19N5. The van der Waals surface area contributed by atoms with E-state index in [2.05, 4.69) is 37.6 Å². The second-order valence-corrected chi connectivity index (χ2v) is 4.99. The molecule has 0 saturated carbocycles. The highest BCUT2D eigenvalue weighted by Gasteiger charge is 2.18. The maximum absolute atomic E-state index is 4.52. The summed E-state index contributed by atoms with van der Waals surface area (Å²) in [5, 5.41) is 4.32. The van der Waals surface area contributed by atoms with Crippen molar-refractivity contribution in [2.75, 3.05) is 6.54 Å². The lowest BCUT2D eigenvalue weighted by molar-refractivity contribution is 0.235. The summed E-state index contributed by atoms with van der Waals surface area (Å²) in [6.45, 7) is 7.93. The van der Waals surface area contributed by atoms with Crippen molar-refractivity contribution < 1.29 is 0 Å². The van der Waals surface area contributed by atoms with Crippen LogP contribution in [0.5, 0.6) is 0 Å². The van der Waals surface area contributed by atoms with E-state index in [-0.39, 0.29) is 0 Å². The molecule has 0 aliphatic carbocycles. The van der Waals surface area contributed by atoms with Crippen LogP contribution in [-0.4, -0.2) is 31.2 Å². The molecule has 0 N–H and O–H groups in total. The first kappa shape index (κ1) is 12.3. The van der Waals surface area contributed by atoms with Gasteiger partial charge in [0.15, 0.2) is 0 Å². The van der Waals surface area contributed by atoms with E-state index in [1.807, 2.05) is 19.3 Å². The Morgan fingerprint density at radius 1 is 1.37 bits per heavy atom. The van der Waals surface area contributed by atoms with E-state index in [1.54, 1.807) is 0 Å². The van der Waals surface area contributed by atoms with Gasteiger partial charge in [0.25, 0.3) is 0 Å². The van der Waals surface area contributed by atoms with Crippen LogP contribution < -0.4 is 0 Å². The van der Waals surface area contributed by atoms with Gasteiger partial charge in [-0.1, -0.05) is 0 Å². The van der Waals surface area contributed by atoms with E-state index in [9.17, 15) is 0 Å². The Morgan fingerprint density at radius 2 is 2.26 bits per heavy atom. The molecule has 2 aromatic rings. The van der Waals surface area contributed by atoms with Gasteiger partial charge in [-0.25, -0.2) is 9.97 Å². The summed E-state index contributed by atoms with van der Waals surface area (Å²) in [6.07, 6.45) is 4.86. The highest BCUT2D eigenvalue weighted by Crippen LogP contribution is 2.18. The second-order valence-electron chi connectivity index (χ2n) is 4.99. The lowest BCUT2D eigenvalue weighted by atomic mass is 10.1.